The predicted octanol–water partition coefficient (Wildman–Crippen LogP) is 1.48. The van der Waals surface area contributed by atoms with Crippen LogP contribution in [0.25, 0.3) is 0 Å². The van der Waals surface area contributed by atoms with Gasteiger partial charge in [0.05, 0.1) is 36.2 Å². The number of rotatable bonds is 6. The Labute approximate surface area is 121 Å². The minimum atomic E-state index is -1.14. The van der Waals surface area contributed by atoms with Gasteiger partial charge in [0.1, 0.15) is 0 Å². The van der Waals surface area contributed by atoms with E-state index in [-0.39, 0.29) is 11.1 Å². The summed E-state index contributed by atoms with van der Waals surface area (Å²) in [6.07, 6.45) is 3.15. The Bertz CT molecular complexity index is 651. The number of nitrogens with one attached hydrogen (secondary N) is 1. The fourth-order valence-electron chi connectivity index (χ4n) is 1.80. The minimum Gasteiger partial charge on any atom is -0.478 e. The van der Waals surface area contributed by atoms with E-state index in [4.69, 9.17) is 9.84 Å². The molecule has 0 aliphatic carbocycles. The smallest absolute Gasteiger partial charge is 0.336 e. The van der Waals surface area contributed by atoms with E-state index in [2.05, 4.69) is 10.4 Å². The zero-order valence-corrected chi connectivity index (χ0v) is 11.4. The molecule has 21 heavy (non-hydrogen) atoms. The number of anilines is 1. The molecule has 1 amide bonds. The third-order valence-electron chi connectivity index (χ3n) is 2.82. The highest BCUT2D eigenvalue weighted by atomic mass is 16.5. The van der Waals surface area contributed by atoms with Gasteiger partial charge >= 0.3 is 5.97 Å². The van der Waals surface area contributed by atoms with Crippen molar-refractivity contribution >= 4 is 17.6 Å². The number of benzene rings is 1. The number of carboxylic acids is 1. The molecular formula is C14H15N3O4. The quantitative estimate of drug-likeness (QED) is 0.840. The molecule has 1 aromatic carbocycles. The van der Waals surface area contributed by atoms with Gasteiger partial charge in [-0.2, -0.15) is 5.10 Å². The molecule has 0 spiro atoms. The van der Waals surface area contributed by atoms with Crippen molar-refractivity contribution in [2.45, 2.75) is 6.54 Å². The van der Waals surface area contributed by atoms with E-state index in [1.807, 2.05) is 0 Å². The normalized spacial score (nSPS) is 10.3. The summed E-state index contributed by atoms with van der Waals surface area (Å²) in [7, 11) is 1.59. The summed E-state index contributed by atoms with van der Waals surface area (Å²) in [4.78, 5) is 23.2. The first-order valence-corrected chi connectivity index (χ1v) is 6.27. The van der Waals surface area contributed by atoms with Crippen molar-refractivity contribution in [2.24, 2.45) is 0 Å². The summed E-state index contributed by atoms with van der Waals surface area (Å²) >= 11 is 0. The first-order chi connectivity index (χ1) is 10.1. The van der Waals surface area contributed by atoms with E-state index < -0.39 is 11.9 Å². The summed E-state index contributed by atoms with van der Waals surface area (Å²) in [6.45, 7) is 1.08. The van der Waals surface area contributed by atoms with Crippen molar-refractivity contribution in [2.75, 3.05) is 19.0 Å². The fraction of sp³-hybridized carbons (Fsp3) is 0.214. The summed E-state index contributed by atoms with van der Waals surface area (Å²) in [6, 6.07) is 6.04. The molecule has 0 aliphatic rings. The number of aromatic nitrogens is 2. The van der Waals surface area contributed by atoms with E-state index in [1.54, 1.807) is 30.1 Å². The molecule has 0 atom stereocenters. The second-order valence-corrected chi connectivity index (χ2v) is 4.29. The average molecular weight is 289 g/mol. The molecule has 0 unspecified atom stereocenters. The van der Waals surface area contributed by atoms with Crippen LogP contribution < -0.4 is 5.32 Å². The molecule has 7 heteroatoms. The second-order valence-electron chi connectivity index (χ2n) is 4.29. The van der Waals surface area contributed by atoms with Crippen molar-refractivity contribution in [3.05, 3.63) is 47.8 Å². The maximum Gasteiger partial charge on any atom is 0.336 e. The molecule has 0 saturated heterocycles. The van der Waals surface area contributed by atoms with Gasteiger partial charge in [-0.1, -0.05) is 12.1 Å². The van der Waals surface area contributed by atoms with Gasteiger partial charge in [-0.3, -0.25) is 9.48 Å². The Kier molecular flexibility index (Phi) is 4.68. The molecule has 2 aromatic rings. The van der Waals surface area contributed by atoms with Crippen LogP contribution in [0.5, 0.6) is 0 Å². The maximum absolute atomic E-state index is 12.1. The van der Waals surface area contributed by atoms with Crippen molar-refractivity contribution in [1.29, 1.82) is 0 Å². The van der Waals surface area contributed by atoms with Crippen LogP contribution in [0.15, 0.2) is 36.7 Å². The summed E-state index contributed by atoms with van der Waals surface area (Å²) in [5, 5.41) is 15.8. The lowest BCUT2D eigenvalue weighted by Gasteiger charge is -2.05. The first-order valence-electron chi connectivity index (χ1n) is 6.27. The molecule has 1 aromatic heterocycles. The van der Waals surface area contributed by atoms with Crippen molar-refractivity contribution in [3.63, 3.8) is 0 Å². The Morgan fingerprint density at radius 2 is 2.05 bits per heavy atom. The topological polar surface area (TPSA) is 93.5 Å². The van der Waals surface area contributed by atoms with Crippen molar-refractivity contribution in [1.82, 2.24) is 9.78 Å². The van der Waals surface area contributed by atoms with Gasteiger partial charge in [-0.05, 0) is 12.1 Å². The lowest BCUT2D eigenvalue weighted by Crippen LogP contribution is -2.16. The van der Waals surface area contributed by atoms with E-state index in [9.17, 15) is 9.59 Å². The van der Waals surface area contributed by atoms with Crippen LogP contribution >= 0.6 is 0 Å². The number of amides is 1. The average Bonchev–Trinajstić information content (AvgIpc) is 2.92. The van der Waals surface area contributed by atoms with Crippen molar-refractivity contribution < 1.29 is 19.4 Å². The van der Waals surface area contributed by atoms with Crippen LogP contribution in [-0.2, 0) is 11.3 Å². The third kappa shape index (κ3) is 3.67. The van der Waals surface area contributed by atoms with E-state index in [0.717, 1.165) is 0 Å². The summed E-state index contributed by atoms with van der Waals surface area (Å²) < 4.78 is 6.56. The Morgan fingerprint density at radius 3 is 2.71 bits per heavy atom. The molecule has 0 saturated carbocycles. The molecule has 7 nitrogen and oxygen atoms in total. The third-order valence-corrected chi connectivity index (χ3v) is 2.82. The molecule has 0 fully saturated rings. The van der Waals surface area contributed by atoms with E-state index in [1.165, 1.54) is 18.3 Å². The van der Waals surface area contributed by atoms with Crippen LogP contribution in [-0.4, -0.2) is 40.5 Å². The Morgan fingerprint density at radius 1 is 1.33 bits per heavy atom. The van der Waals surface area contributed by atoms with Gasteiger partial charge < -0.3 is 15.2 Å². The SMILES string of the molecule is COCCn1cc(NC(=O)c2ccccc2C(=O)O)cn1. The van der Waals surface area contributed by atoms with Crippen molar-refractivity contribution in [3.8, 4) is 0 Å². The number of ether oxygens (including phenoxy) is 1. The lowest BCUT2D eigenvalue weighted by atomic mass is 10.1. The van der Waals surface area contributed by atoms with Gasteiger partial charge in [0.25, 0.3) is 5.91 Å². The summed E-state index contributed by atoms with van der Waals surface area (Å²) in [5.74, 6) is -1.63. The molecular weight excluding hydrogens is 274 g/mol. The van der Waals surface area contributed by atoms with Gasteiger partial charge in [0.2, 0.25) is 0 Å². The number of carboxylic acid groups (broad SMARTS) is 1. The number of hydrogen-bond acceptors (Lipinski definition) is 4. The van der Waals surface area contributed by atoms with Gasteiger partial charge in [-0.15, -0.1) is 0 Å². The largest absolute Gasteiger partial charge is 0.478 e. The molecule has 110 valence electrons. The fourth-order valence-corrected chi connectivity index (χ4v) is 1.80. The number of nitrogens with zero attached hydrogens (tertiary/aromatic N) is 2. The predicted molar refractivity (Wildman–Crippen MR) is 75.5 cm³/mol. The number of aromatic carboxylic acids is 1. The first kappa shape index (κ1) is 14.7. The lowest BCUT2D eigenvalue weighted by molar-refractivity contribution is 0.0692. The molecule has 0 bridgehead atoms. The van der Waals surface area contributed by atoms with Gasteiger partial charge in [0, 0.05) is 13.3 Å². The van der Waals surface area contributed by atoms with Gasteiger partial charge in [-0.25, -0.2) is 4.79 Å². The second kappa shape index (κ2) is 6.67. The highest BCUT2D eigenvalue weighted by Crippen LogP contribution is 2.12. The zero-order valence-electron chi connectivity index (χ0n) is 11.4. The summed E-state index contributed by atoms with van der Waals surface area (Å²) in [5.41, 5.74) is 0.563. The standard InChI is InChI=1S/C14H15N3O4/c1-21-7-6-17-9-10(8-15-17)16-13(18)11-4-2-3-5-12(11)14(19)20/h2-5,8-9H,6-7H2,1H3,(H,16,18)(H,19,20). The zero-order chi connectivity index (χ0) is 15.2. The highest BCUT2D eigenvalue weighted by molar-refractivity contribution is 6.10. The number of carbonyl (C=O) groups excluding carboxylic acids is 1. The molecule has 1 heterocycles. The monoisotopic (exact) mass is 289 g/mol. The number of carbonyl (C=O) groups is 2. The highest BCUT2D eigenvalue weighted by Gasteiger charge is 2.16. The van der Waals surface area contributed by atoms with Gasteiger partial charge in [0.15, 0.2) is 0 Å². The number of hydrogen-bond donors (Lipinski definition) is 2. The van der Waals surface area contributed by atoms with E-state index in [0.29, 0.717) is 18.8 Å². The van der Waals surface area contributed by atoms with Crippen LogP contribution in [0.2, 0.25) is 0 Å². The minimum absolute atomic E-state index is 0.0400. The molecule has 2 rings (SSSR count). The molecule has 0 aliphatic heterocycles. The van der Waals surface area contributed by atoms with Crippen LogP contribution in [0.4, 0.5) is 5.69 Å². The van der Waals surface area contributed by atoms with E-state index >= 15 is 0 Å². The maximum atomic E-state index is 12.1. The molecule has 0 radical (unpaired) electrons. The van der Waals surface area contributed by atoms with Crippen LogP contribution in [0.3, 0.4) is 0 Å². The Hall–Kier alpha value is -2.67. The Balaban J connectivity index is 2.11. The van der Waals surface area contributed by atoms with Crippen LogP contribution in [0, 0.1) is 0 Å². The molecule has 2 N–H and O–H groups in total. The number of methoxy groups -OCH3 is 1. The van der Waals surface area contributed by atoms with Crippen LogP contribution in [0.1, 0.15) is 20.7 Å².